The number of aryl methyl sites for hydroxylation is 2. The van der Waals surface area contributed by atoms with Gasteiger partial charge in [0.15, 0.2) is 5.96 Å². The number of guanidine groups is 1. The molecule has 0 unspecified atom stereocenters. The maximum absolute atomic E-state index is 12.8. The minimum atomic E-state index is -0.549. The summed E-state index contributed by atoms with van der Waals surface area (Å²) >= 11 is 0. The van der Waals surface area contributed by atoms with E-state index in [0.717, 1.165) is 23.2 Å². The van der Waals surface area contributed by atoms with Crippen LogP contribution in [0.25, 0.3) is 0 Å². The fourth-order valence-corrected chi connectivity index (χ4v) is 2.48. The van der Waals surface area contributed by atoms with Crippen molar-refractivity contribution >= 4 is 17.7 Å². The summed E-state index contributed by atoms with van der Waals surface area (Å²) in [6, 6.07) is 5.69. The van der Waals surface area contributed by atoms with Crippen LogP contribution in [-0.4, -0.2) is 29.5 Å². The van der Waals surface area contributed by atoms with Crippen LogP contribution in [0.2, 0.25) is 0 Å². The van der Waals surface area contributed by atoms with Crippen LogP contribution in [0, 0.1) is 12.3 Å². The first-order valence-electron chi connectivity index (χ1n) is 7.11. The van der Waals surface area contributed by atoms with Crippen LogP contribution < -0.4 is 10.6 Å². The summed E-state index contributed by atoms with van der Waals surface area (Å²) in [4.78, 5) is 15.7. The second-order valence-electron chi connectivity index (χ2n) is 6.17. The molecule has 0 aromatic heterocycles. The lowest BCUT2D eigenvalue weighted by atomic mass is 10.0. The van der Waals surface area contributed by atoms with Gasteiger partial charge in [-0.2, -0.15) is 0 Å². The monoisotopic (exact) mass is 290 g/mol. The average molecular weight is 290 g/mol. The van der Waals surface area contributed by atoms with Gasteiger partial charge in [0, 0.05) is 12.6 Å². The summed E-state index contributed by atoms with van der Waals surface area (Å²) in [6.45, 7) is 9.62. The number of carbonyl (C=O) groups excluding carboxylic acids is 1. The van der Waals surface area contributed by atoms with Crippen LogP contribution in [0.1, 0.15) is 38.8 Å². The molecule has 0 saturated carbocycles. The predicted octanol–water partition coefficient (Wildman–Crippen LogP) is 3.11. The van der Waals surface area contributed by atoms with Gasteiger partial charge in [0.25, 0.3) is 0 Å². The Balaban J connectivity index is 3.28. The number of carbonyl (C=O) groups is 1. The van der Waals surface area contributed by atoms with Crippen molar-refractivity contribution in [3.05, 3.63) is 29.3 Å². The summed E-state index contributed by atoms with van der Waals surface area (Å²) < 4.78 is 0. The number of nitrogens with two attached hydrogens (primary N) is 1. The normalized spacial score (nSPS) is 11.1. The van der Waals surface area contributed by atoms with Crippen molar-refractivity contribution in [2.75, 3.05) is 11.9 Å². The summed E-state index contributed by atoms with van der Waals surface area (Å²) in [5, 5.41) is 7.70. The first kappa shape index (κ1) is 17.0. The van der Waals surface area contributed by atoms with Crippen molar-refractivity contribution in [1.82, 2.24) is 4.90 Å². The van der Waals surface area contributed by atoms with Gasteiger partial charge in [-0.05, 0) is 45.2 Å². The van der Waals surface area contributed by atoms with Gasteiger partial charge in [0.1, 0.15) is 0 Å². The zero-order chi connectivity index (χ0) is 16.4. The van der Waals surface area contributed by atoms with Crippen LogP contribution in [0.5, 0.6) is 0 Å². The first-order valence-corrected chi connectivity index (χ1v) is 7.11. The summed E-state index contributed by atoms with van der Waals surface area (Å²) in [5.41, 5.74) is 8.08. The highest BCUT2D eigenvalue weighted by molar-refractivity contribution is 6.03. The molecule has 0 heterocycles. The van der Waals surface area contributed by atoms with Gasteiger partial charge in [0.2, 0.25) is 0 Å². The third kappa shape index (κ3) is 3.54. The maximum Gasteiger partial charge on any atom is 0.331 e. The number of rotatable bonds is 2. The van der Waals surface area contributed by atoms with Crippen molar-refractivity contribution in [2.24, 2.45) is 5.73 Å². The maximum atomic E-state index is 12.8. The quantitative estimate of drug-likeness (QED) is 0.649. The molecule has 1 aromatic carbocycles. The molecule has 0 saturated heterocycles. The molecule has 116 valence electrons. The Morgan fingerprint density at radius 2 is 1.90 bits per heavy atom. The summed E-state index contributed by atoms with van der Waals surface area (Å²) in [7, 11) is 1.73. The molecule has 3 N–H and O–H groups in total. The Morgan fingerprint density at radius 3 is 2.33 bits per heavy atom. The molecule has 0 aliphatic rings. The number of hydrogen-bond donors (Lipinski definition) is 2. The highest BCUT2D eigenvalue weighted by atomic mass is 16.2. The fourth-order valence-electron chi connectivity index (χ4n) is 2.48. The highest BCUT2D eigenvalue weighted by Crippen LogP contribution is 2.27. The Morgan fingerprint density at radius 1 is 1.33 bits per heavy atom. The zero-order valence-electron chi connectivity index (χ0n) is 13.8. The van der Waals surface area contributed by atoms with E-state index < -0.39 is 5.54 Å². The molecule has 21 heavy (non-hydrogen) atoms. The smallest absolute Gasteiger partial charge is 0.331 e. The second-order valence-corrected chi connectivity index (χ2v) is 6.17. The lowest BCUT2D eigenvalue weighted by Crippen LogP contribution is -2.56. The number of hydrogen-bond acceptors (Lipinski definition) is 2. The van der Waals surface area contributed by atoms with Crippen molar-refractivity contribution in [2.45, 2.75) is 46.6 Å². The number of para-hydroxylation sites is 1. The first-order chi connectivity index (χ1) is 9.61. The topological polar surface area (TPSA) is 73.4 Å². The van der Waals surface area contributed by atoms with Crippen LogP contribution in [0.4, 0.5) is 10.5 Å². The van der Waals surface area contributed by atoms with Crippen molar-refractivity contribution < 1.29 is 4.79 Å². The third-order valence-electron chi connectivity index (χ3n) is 3.43. The van der Waals surface area contributed by atoms with E-state index in [-0.39, 0.29) is 12.0 Å². The minimum Gasteiger partial charge on any atom is -0.370 e. The molecule has 0 spiro atoms. The lowest BCUT2D eigenvalue weighted by molar-refractivity contribution is 0.197. The van der Waals surface area contributed by atoms with E-state index in [1.807, 2.05) is 45.9 Å². The van der Waals surface area contributed by atoms with Gasteiger partial charge in [-0.25, -0.2) is 4.79 Å². The van der Waals surface area contributed by atoms with Crippen molar-refractivity contribution in [1.29, 1.82) is 5.41 Å². The van der Waals surface area contributed by atoms with E-state index in [4.69, 9.17) is 11.1 Å². The number of nitrogens with one attached hydrogen (secondary N) is 1. The molecular weight excluding hydrogens is 264 g/mol. The van der Waals surface area contributed by atoms with Gasteiger partial charge in [-0.1, -0.05) is 25.1 Å². The SMILES string of the molecule is CCc1cccc(C)c1N(C)C(=O)N(C(=N)N)C(C)(C)C. The fraction of sp³-hybridized carbons (Fsp3) is 0.500. The minimum absolute atomic E-state index is 0.244. The van der Waals surface area contributed by atoms with E-state index in [2.05, 4.69) is 6.92 Å². The summed E-state index contributed by atoms with van der Waals surface area (Å²) in [5.74, 6) is -0.244. The van der Waals surface area contributed by atoms with Gasteiger partial charge >= 0.3 is 6.03 Å². The van der Waals surface area contributed by atoms with E-state index in [0.29, 0.717) is 0 Å². The van der Waals surface area contributed by atoms with E-state index in [1.54, 1.807) is 11.9 Å². The number of nitrogens with zero attached hydrogens (tertiary/aromatic N) is 2. The van der Waals surface area contributed by atoms with Crippen molar-refractivity contribution in [3.8, 4) is 0 Å². The molecule has 0 aliphatic carbocycles. The Labute approximate surface area is 127 Å². The molecule has 0 aliphatic heterocycles. The number of anilines is 1. The molecule has 1 rings (SSSR count). The lowest BCUT2D eigenvalue weighted by Gasteiger charge is -2.37. The van der Waals surface area contributed by atoms with E-state index in [9.17, 15) is 4.79 Å². The molecule has 2 amide bonds. The molecule has 5 nitrogen and oxygen atoms in total. The highest BCUT2D eigenvalue weighted by Gasteiger charge is 2.32. The molecule has 0 bridgehead atoms. The summed E-state index contributed by atoms with van der Waals surface area (Å²) in [6.07, 6.45) is 0.838. The van der Waals surface area contributed by atoms with Gasteiger partial charge < -0.3 is 5.73 Å². The molecule has 0 atom stereocenters. The van der Waals surface area contributed by atoms with Crippen LogP contribution in [-0.2, 0) is 6.42 Å². The Kier molecular flexibility index (Phi) is 4.99. The zero-order valence-corrected chi connectivity index (χ0v) is 13.8. The second kappa shape index (κ2) is 6.16. The number of benzene rings is 1. The largest absolute Gasteiger partial charge is 0.370 e. The molecule has 0 fully saturated rings. The average Bonchev–Trinajstić information content (AvgIpc) is 2.35. The molecular formula is C16H26N4O. The van der Waals surface area contributed by atoms with Gasteiger partial charge in [0.05, 0.1) is 5.69 Å². The molecule has 0 radical (unpaired) electrons. The Hall–Kier alpha value is -2.04. The third-order valence-corrected chi connectivity index (χ3v) is 3.43. The van der Waals surface area contributed by atoms with E-state index in [1.165, 1.54) is 4.90 Å². The van der Waals surface area contributed by atoms with Crippen LogP contribution in [0.15, 0.2) is 18.2 Å². The standard InChI is InChI=1S/C16H26N4O/c1-7-12-10-8-9-11(2)13(12)19(6)15(21)20(14(17)18)16(3,4)5/h8-10H,7H2,1-6H3,(H3,17,18). The van der Waals surface area contributed by atoms with Gasteiger partial charge in [-0.15, -0.1) is 0 Å². The number of amides is 2. The van der Waals surface area contributed by atoms with Crippen molar-refractivity contribution in [3.63, 3.8) is 0 Å². The van der Waals surface area contributed by atoms with E-state index >= 15 is 0 Å². The Bertz CT molecular complexity index is 546. The van der Waals surface area contributed by atoms with Gasteiger partial charge in [-0.3, -0.25) is 15.2 Å². The van der Waals surface area contributed by atoms with Crippen LogP contribution in [0.3, 0.4) is 0 Å². The number of urea groups is 1. The molecule has 1 aromatic rings. The van der Waals surface area contributed by atoms with Crippen LogP contribution >= 0.6 is 0 Å². The molecule has 5 heteroatoms. The predicted molar refractivity (Wildman–Crippen MR) is 87.9 cm³/mol.